The zero-order valence-electron chi connectivity index (χ0n) is 13.9. The van der Waals surface area contributed by atoms with E-state index in [0.29, 0.717) is 16.6 Å². The second-order valence-electron chi connectivity index (χ2n) is 6.27. The molecule has 6 nitrogen and oxygen atoms in total. The summed E-state index contributed by atoms with van der Waals surface area (Å²) in [7, 11) is 0. The van der Waals surface area contributed by atoms with Crippen LogP contribution in [0.3, 0.4) is 0 Å². The molecule has 2 atom stereocenters. The van der Waals surface area contributed by atoms with Crippen molar-refractivity contribution in [1.29, 1.82) is 0 Å². The molecule has 6 heteroatoms. The van der Waals surface area contributed by atoms with Gasteiger partial charge >= 0.3 is 5.97 Å². The number of benzene rings is 1. The maximum atomic E-state index is 12.4. The van der Waals surface area contributed by atoms with Crippen LogP contribution < -0.4 is 0 Å². The van der Waals surface area contributed by atoms with Crippen LogP contribution >= 0.6 is 0 Å². The van der Waals surface area contributed by atoms with E-state index in [1.54, 1.807) is 30.6 Å². The predicted octanol–water partition coefficient (Wildman–Crippen LogP) is 2.58. The molecule has 2 aromatic rings. The standard InChI is InChI=1S/C18H21N3O3/c1-12-4-3-5-13(2)21(12)17(22)11-24-18(23)14-6-7-15-16(10-14)20-9-8-19-15/h6-10,12-13H,3-5,11H2,1-2H3/t12-,13-/m0/s1. The Kier molecular flexibility index (Phi) is 4.74. The Balaban J connectivity index is 1.64. The van der Waals surface area contributed by atoms with E-state index in [2.05, 4.69) is 9.97 Å². The zero-order chi connectivity index (χ0) is 17.1. The van der Waals surface area contributed by atoms with Crippen LogP contribution in [-0.2, 0) is 9.53 Å². The van der Waals surface area contributed by atoms with E-state index in [1.165, 1.54) is 0 Å². The van der Waals surface area contributed by atoms with Gasteiger partial charge in [-0.1, -0.05) is 0 Å². The number of nitrogens with zero attached hydrogens (tertiary/aromatic N) is 3. The Labute approximate surface area is 140 Å². The summed E-state index contributed by atoms with van der Waals surface area (Å²) in [5.74, 6) is -0.656. The highest BCUT2D eigenvalue weighted by molar-refractivity contribution is 5.94. The van der Waals surface area contributed by atoms with Crippen LogP contribution in [0.25, 0.3) is 11.0 Å². The molecule has 0 N–H and O–H groups in total. The number of esters is 1. The molecule has 1 saturated heterocycles. The van der Waals surface area contributed by atoms with Gasteiger partial charge in [0.25, 0.3) is 5.91 Å². The molecule has 0 bridgehead atoms. The average molecular weight is 327 g/mol. The van der Waals surface area contributed by atoms with Gasteiger partial charge in [-0.15, -0.1) is 0 Å². The number of hydrogen-bond donors (Lipinski definition) is 0. The number of ether oxygens (including phenoxy) is 1. The Morgan fingerprint density at radius 2 is 1.79 bits per heavy atom. The highest BCUT2D eigenvalue weighted by Crippen LogP contribution is 2.22. The number of piperidine rings is 1. The minimum absolute atomic E-state index is 0.136. The zero-order valence-corrected chi connectivity index (χ0v) is 13.9. The van der Waals surface area contributed by atoms with E-state index in [-0.39, 0.29) is 24.6 Å². The van der Waals surface area contributed by atoms with Gasteiger partial charge < -0.3 is 9.64 Å². The lowest BCUT2D eigenvalue weighted by Gasteiger charge is -2.38. The Morgan fingerprint density at radius 3 is 2.50 bits per heavy atom. The van der Waals surface area contributed by atoms with Crippen molar-refractivity contribution in [3.05, 3.63) is 36.2 Å². The van der Waals surface area contributed by atoms with Crippen LogP contribution in [0, 0.1) is 0 Å². The molecule has 1 fully saturated rings. The van der Waals surface area contributed by atoms with Crippen LogP contribution in [0.15, 0.2) is 30.6 Å². The highest BCUT2D eigenvalue weighted by atomic mass is 16.5. The van der Waals surface area contributed by atoms with Crippen molar-refractivity contribution in [1.82, 2.24) is 14.9 Å². The second-order valence-corrected chi connectivity index (χ2v) is 6.27. The number of rotatable bonds is 3. The van der Waals surface area contributed by atoms with Crippen LogP contribution in [0.5, 0.6) is 0 Å². The number of amides is 1. The smallest absolute Gasteiger partial charge is 0.338 e. The molecule has 0 spiro atoms. The average Bonchev–Trinajstić information content (AvgIpc) is 2.59. The van der Waals surface area contributed by atoms with Crippen molar-refractivity contribution in [2.45, 2.75) is 45.2 Å². The summed E-state index contributed by atoms with van der Waals surface area (Å²) in [5, 5.41) is 0. The molecule has 0 radical (unpaired) electrons. The summed E-state index contributed by atoms with van der Waals surface area (Å²) in [6, 6.07) is 5.36. The highest BCUT2D eigenvalue weighted by Gasteiger charge is 2.29. The molecule has 24 heavy (non-hydrogen) atoms. The largest absolute Gasteiger partial charge is 0.452 e. The fourth-order valence-electron chi connectivity index (χ4n) is 3.29. The van der Waals surface area contributed by atoms with Gasteiger partial charge in [-0.25, -0.2) is 4.79 Å². The van der Waals surface area contributed by atoms with E-state index in [9.17, 15) is 9.59 Å². The van der Waals surface area contributed by atoms with Crippen LogP contribution in [-0.4, -0.2) is 45.4 Å². The SMILES string of the molecule is C[C@H]1CCC[C@H](C)N1C(=O)COC(=O)c1ccc2nccnc2c1. The molecule has 1 aliphatic rings. The first-order valence-corrected chi connectivity index (χ1v) is 8.25. The minimum Gasteiger partial charge on any atom is -0.452 e. The van der Waals surface area contributed by atoms with E-state index < -0.39 is 5.97 Å². The van der Waals surface area contributed by atoms with Gasteiger partial charge in [0.1, 0.15) is 0 Å². The molecular weight excluding hydrogens is 306 g/mol. The molecule has 0 unspecified atom stereocenters. The Bertz CT molecular complexity index is 752. The maximum Gasteiger partial charge on any atom is 0.338 e. The monoisotopic (exact) mass is 327 g/mol. The van der Waals surface area contributed by atoms with Crippen LogP contribution in [0.4, 0.5) is 0 Å². The van der Waals surface area contributed by atoms with Gasteiger partial charge in [-0.2, -0.15) is 0 Å². The molecule has 1 aliphatic heterocycles. The fourth-order valence-corrected chi connectivity index (χ4v) is 3.29. The first-order chi connectivity index (χ1) is 11.6. The van der Waals surface area contributed by atoms with Gasteiger partial charge in [0.2, 0.25) is 0 Å². The molecular formula is C18H21N3O3. The Morgan fingerprint density at radius 1 is 1.12 bits per heavy atom. The fraction of sp³-hybridized carbons (Fsp3) is 0.444. The molecule has 1 aromatic carbocycles. The summed E-state index contributed by atoms with van der Waals surface area (Å²) in [6.45, 7) is 3.85. The number of carbonyl (C=O) groups excluding carboxylic acids is 2. The van der Waals surface area contributed by atoms with Crippen molar-refractivity contribution in [2.75, 3.05) is 6.61 Å². The van der Waals surface area contributed by atoms with Crippen molar-refractivity contribution >= 4 is 22.9 Å². The van der Waals surface area contributed by atoms with Crippen molar-refractivity contribution in [3.63, 3.8) is 0 Å². The van der Waals surface area contributed by atoms with Gasteiger partial charge in [0.05, 0.1) is 16.6 Å². The lowest BCUT2D eigenvalue weighted by molar-refractivity contribution is -0.140. The molecule has 0 aliphatic carbocycles. The van der Waals surface area contributed by atoms with Crippen molar-refractivity contribution in [3.8, 4) is 0 Å². The number of aromatic nitrogens is 2. The normalized spacial score (nSPS) is 20.8. The first-order valence-electron chi connectivity index (χ1n) is 8.25. The Hall–Kier alpha value is -2.50. The second kappa shape index (κ2) is 6.95. The lowest BCUT2D eigenvalue weighted by Crippen LogP contribution is -2.49. The summed E-state index contributed by atoms with van der Waals surface area (Å²) >= 11 is 0. The van der Waals surface area contributed by atoms with Gasteiger partial charge in [0, 0.05) is 24.5 Å². The maximum absolute atomic E-state index is 12.4. The van der Waals surface area contributed by atoms with Gasteiger partial charge in [-0.05, 0) is 51.3 Å². The molecule has 126 valence electrons. The van der Waals surface area contributed by atoms with E-state index >= 15 is 0 Å². The quantitative estimate of drug-likeness (QED) is 0.810. The lowest BCUT2D eigenvalue weighted by atomic mass is 9.97. The molecule has 3 rings (SSSR count). The van der Waals surface area contributed by atoms with E-state index in [1.807, 2.05) is 18.7 Å². The molecule has 0 saturated carbocycles. The third kappa shape index (κ3) is 3.37. The van der Waals surface area contributed by atoms with Crippen LogP contribution in [0.2, 0.25) is 0 Å². The summed E-state index contributed by atoms with van der Waals surface area (Å²) < 4.78 is 5.21. The number of carbonyl (C=O) groups is 2. The van der Waals surface area contributed by atoms with Gasteiger partial charge in [-0.3, -0.25) is 14.8 Å². The number of likely N-dealkylation sites (tertiary alicyclic amines) is 1. The van der Waals surface area contributed by atoms with Crippen LogP contribution in [0.1, 0.15) is 43.5 Å². The van der Waals surface area contributed by atoms with E-state index in [0.717, 1.165) is 19.3 Å². The minimum atomic E-state index is -0.520. The summed E-state index contributed by atoms with van der Waals surface area (Å²) in [6.07, 6.45) is 6.28. The number of hydrogen-bond acceptors (Lipinski definition) is 5. The van der Waals surface area contributed by atoms with Crippen molar-refractivity contribution < 1.29 is 14.3 Å². The predicted molar refractivity (Wildman–Crippen MR) is 89.4 cm³/mol. The van der Waals surface area contributed by atoms with Gasteiger partial charge in [0.15, 0.2) is 6.61 Å². The summed E-state index contributed by atoms with van der Waals surface area (Å²) in [5.41, 5.74) is 1.70. The van der Waals surface area contributed by atoms with E-state index in [4.69, 9.17) is 4.74 Å². The molecule has 2 heterocycles. The third-order valence-corrected chi connectivity index (χ3v) is 4.51. The summed E-state index contributed by atoms with van der Waals surface area (Å²) in [4.78, 5) is 34.8. The van der Waals surface area contributed by atoms with Crippen molar-refractivity contribution in [2.24, 2.45) is 0 Å². The molecule has 1 aromatic heterocycles. The number of fused-ring (bicyclic) bond motifs is 1. The third-order valence-electron chi connectivity index (χ3n) is 4.51. The topological polar surface area (TPSA) is 72.4 Å². The molecule has 1 amide bonds. The first kappa shape index (κ1) is 16.4.